The number of carbonyl (C=O) groups excluding carboxylic acids is 2. The van der Waals surface area contributed by atoms with Crippen molar-refractivity contribution in [3.8, 4) is 17.2 Å². The van der Waals surface area contributed by atoms with E-state index in [1.54, 1.807) is 51.5 Å². The molecule has 8 heteroatoms. The number of ether oxygens (including phenoxy) is 3. The molecule has 0 aliphatic carbocycles. The number of methoxy groups -OCH3 is 2. The van der Waals surface area contributed by atoms with E-state index >= 15 is 0 Å². The van der Waals surface area contributed by atoms with Crippen LogP contribution in [-0.2, 0) is 14.3 Å². The first-order valence-electron chi connectivity index (χ1n) is 10.7. The van der Waals surface area contributed by atoms with Gasteiger partial charge < -0.3 is 29.3 Å². The van der Waals surface area contributed by atoms with E-state index in [-0.39, 0.29) is 29.4 Å². The number of ketones is 1. The van der Waals surface area contributed by atoms with Crippen LogP contribution in [0.5, 0.6) is 17.2 Å². The zero-order chi connectivity index (χ0) is 24.1. The van der Waals surface area contributed by atoms with E-state index in [4.69, 9.17) is 14.2 Å². The number of aliphatic hydroxyl groups excluding tert-OH is 1. The average molecular weight is 456 g/mol. The highest BCUT2D eigenvalue weighted by Gasteiger charge is 2.46. The molecule has 1 heterocycles. The molecule has 0 radical (unpaired) electrons. The Morgan fingerprint density at radius 2 is 1.85 bits per heavy atom. The zero-order valence-electron chi connectivity index (χ0n) is 19.3. The molecule has 3 rings (SSSR count). The summed E-state index contributed by atoms with van der Waals surface area (Å²) in [6, 6.07) is 8.85. The van der Waals surface area contributed by atoms with Crippen LogP contribution in [0, 0.1) is 6.92 Å². The number of hydrogen-bond acceptors (Lipinski definition) is 7. The number of Topliss-reactive ketones (excluding diaryl/α,β-unsaturated/α-hetero) is 1. The molecule has 0 spiro atoms. The fourth-order valence-electron chi connectivity index (χ4n) is 3.99. The molecule has 2 aromatic rings. The third-order valence-electron chi connectivity index (χ3n) is 5.56. The summed E-state index contributed by atoms with van der Waals surface area (Å²) >= 11 is 0. The highest BCUT2D eigenvalue weighted by molar-refractivity contribution is 6.46. The first-order chi connectivity index (χ1) is 15.8. The molecular weight excluding hydrogens is 426 g/mol. The van der Waals surface area contributed by atoms with E-state index in [1.807, 2.05) is 6.92 Å². The predicted octanol–water partition coefficient (Wildman–Crippen LogP) is 3.57. The lowest BCUT2D eigenvalue weighted by molar-refractivity contribution is -0.140. The number of amides is 1. The molecule has 2 aromatic carbocycles. The second-order valence-electron chi connectivity index (χ2n) is 7.68. The van der Waals surface area contributed by atoms with Crippen molar-refractivity contribution in [3.63, 3.8) is 0 Å². The monoisotopic (exact) mass is 455 g/mol. The highest BCUT2D eigenvalue weighted by Crippen LogP contribution is 2.42. The maximum atomic E-state index is 13.1. The molecule has 1 fully saturated rings. The fourth-order valence-corrected chi connectivity index (χ4v) is 3.99. The van der Waals surface area contributed by atoms with E-state index in [0.717, 1.165) is 5.56 Å². The molecule has 1 aliphatic heterocycles. The third-order valence-corrected chi connectivity index (χ3v) is 5.56. The van der Waals surface area contributed by atoms with Gasteiger partial charge in [0.15, 0.2) is 11.5 Å². The van der Waals surface area contributed by atoms with Crippen LogP contribution in [0.4, 0.5) is 0 Å². The summed E-state index contributed by atoms with van der Waals surface area (Å²) in [5.74, 6) is -0.920. The number of aryl methyl sites for hydroxylation is 1. The number of phenolic OH excluding ortho intramolecular Hbond substituents is 1. The number of hydrogen-bond donors (Lipinski definition) is 2. The zero-order valence-corrected chi connectivity index (χ0v) is 19.3. The smallest absolute Gasteiger partial charge is 0.295 e. The van der Waals surface area contributed by atoms with Crippen molar-refractivity contribution in [1.29, 1.82) is 0 Å². The van der Waals surface area contributed by atoms with Gasteiger partial charge in [0.25, 0.3) is 11.7 Å². The highest BCUT2D eigenvalue weighted by atomic mass is 16.5. The fraction of sp³-hybridized carbons (Fsp3) is 0.360. The largest absolute Gasteiger partial charge is 0.507 e. The van der Waals surface area contributed by atoms with Gasteiger partial charge in [0.05, 0.1) is 25.3 Å². The van der Waals surface area contributed by atoms with Gasteiger partial charge >= 0.3 is 0 Å². The molecule has 0 bridgehead atoms. The van der Waals surface area contributed by atoms with Gasteiger partial charge in [-0.05, 0) is 61.7 Å². The van der Waals surface area contributed by atoms with Crippen LogP contribution in [0.15, 0.2) is 42.0 Å². The molecule has 1 aliphatic rings. The minimum atomic E-state index is -0.843. The van der Waals surface area contributed by atoms with E-state index in [9.17, 15) is 19.8 Å². The van der Waals surface area contributed by atoms with Gasteiger partial charge in [-0.3, -0.25) is 9.59 Å². The molecule has 8 nitrogen and oxygen atoms in total. The van der Waals surface area contributed by atoms with E-state index in [2.05, 4.69) is 0 Å². The van der Waals surface area contributed by atoms with Crippen molar-refractivity contribution in [2.45, 2.75) is 26.3 Å². The minimum absolute atomic E-state index is 0.0184. The third kappa shape index (κ3) is 4.80. The summed E-state index contributed by atoms with van der Waals surface area (Å²) in [6.45, 7) is 4.61. The Bertz CT molecular complexity index is 1080. The Morgan fingerprint density at radius 1 is 1.09 bits per heavy atom. The van der Waals surface area contributed by atoms with Crippen LogP contribution >= 0.6 is 0 Å². The first kappa shape index (κ1) is 24.1. The topological polar surface area (TPSA) is 106 Å². The van der Waals surface area contributed by atoms with E-state index in [1.165, 1.54) is 11.0 Å². The molecule has 2 N–H and O–H groups in total. The lowest BCUT2D eigenvalue weighted by Crippen LogP contribution is -2.31. The van der Waals surface area contributed by atoms with Crippen LogP contribution in [0.2, 0.25) is 0 Å². The molecular formula is C25H29NO7. The Morgan fingerprint density at radius 3 is 2.48 bits per heavy atom. The SMILES string of the molecule is CCOc1cc(C2C(=C(O)c3ccc(OC)c(C)c3)C(=O)C(=O)N2CCCOC)ccc1O. The van der Waals surface area contributed by atoms with Gasteiger partial charge in [0, 0.05) is 25.8 Å². The average Bonchev–Trinajstić information content (AvgIpc) is 3.05. The number of likely N-dealkylation sites (tertiary alicyclic amines) is 1. The van der Waals surface area contributed by atoms with Crippen molar-refractivity contribution < 1.29 is 34.0 Å². The van der Waals surface area contributed by atoms with E-state index in [0.29, 0.717) is 36.5 Å². The summed E-state index contributed by atoms with van der Waals surface area (Å²) in [4.78, 5) is 27.5. The van der Waals surface area contributed by atoms with Crippen molar-refractivity contribution in [2.75, 3.05) is 34.0 Å². The quantitative estimate of drug-likeness (QED) is 0.258. The molecule has 1 atom stereocenters. The molecule has 1 amide bonds. The first-order valence-corrected chi connectivity index (χ1v) is 10.7. The Balaban J connectivity index is 2.16. The lowest BCUT2D eigenvalue weighted by Gasteiger charge is -2.26. The van der Waals surface area contributed by atoms with Crippen LogP contribution in [-0.4, -0.2) is 60.8 Å². The summed E-state index contributed by atoms with van der Waals surface area (Å²) in [5, 5.41) is 21.3. The number of benzene rings is 2. The Kier molecular flexibility index (Phi) is 7.60. The summed E-state index contributed by atoms with van der Waals surface area (Å²) in [7, 11) is 3.11. The number of aromatic hydroxyl groups is 1. The number of aliphatic hydroxyl groups is 1. The van der Waals surface area contributed by atoms with Crippen molar-refractivity contribution in [3.05, 3.63) is 58.7 Å². The maximum Gasteiger partial charge on any atom is 0.295 e. The molecule has 1 unspecified atom stereocenters. The molecule has 0 saturated carbocycles. The molecule has 33 heavy (non-hydrogen) atoms. The number of nitrogens with zero attached hydrogens (tertiary/aromatic N) is 1. The summed E-state index contributed by atoms with van der Waals surface area (Å²) in [5.41, 5.74) is 1.70. The minimum Gasteiger partial charge on any atom is -0.507 e. The van der Waals surface area contributed by atoms with Gasteiger partial charge in [-0.2, -0.15) is 0 Å². The van der Waals surface area contributed by atoms with Gasteiger partial charge in [-0.25, -0.2) is 0 Å². The van der Waals surface area contributed by atoms with E-state index < -0.39 is 17.7 Å². The van der Waals surface area contributed by atoms with Crippen LogP contribution in [0.1, 0.15) is 36.1 Å². The van der Waals surface area contributed by atoms with Gasteiger partial charge in [0.2, 0.25) is 0 Å². The summed E-state index contributed by atoms with van der Waals surface area (Å²) in [6.07, 6.45) is 0.512. The number of carbonyl (C=O) groups is 2. The van der Waals surface area contributed by atoms with Gasteiger partial charge in [-0.1, -0.05) is 6.07 Å². The molecule has 176 valence electrons. The van der Waals surface area contributed by atoms with Gasteiger partial charge in [0.1, 0.15) is 11.5 Å². The Labute approximate surface area is 193 Å². The van der Waals surface area contributed by atoms with Crippen LogP contribution in [0.25, 0.3) is 5.76 Å². The summed E-state index contributed by atoms with van der Waals surface area (Å²) < 4.78 is 15.9. The normalized spacial score (nSPS) is 17.5. The predicted molar refractivity (Wildman–Crippen MR) is 123 cm³/mol. The van der Waals surface area contributed by atoms with Crippen molar-refractivity contribution in [1.82, 2.24) is 4.90 Å². The maximum absolute atomic E-state index is 13.1. The second kappa shape index (κ2) is 10.4. The molecule has 1 saturated heterocycles. The lowest BCUT2D eigenvalue weighted by atomic mass is 9.94. The number of rotatable bonds is 9. The number of phenols is 1. The second-order valence-corrected chi connectivity index (χ2v) is 7.68. The standard InChI is InChI=1S/C25H29NO7/c1-5-33-20-14-16(7-9-18(20)27)22-21(24(29)25(30)26(22)11-6-12-31-3)23(28)17-8-10-19(32-4)15(2)13-17/h7-10,13-14,22,27-28H,5-6,11-12H2,1-4H3. The van der Waals surface area contributed by atoms with Crippen molar-refractivity contribution >= 4 is 17.4 Å². The Hall–Kier alpha value is -3.52. The molecule has 0 aromatic heterocycles. The van der Waals surface area contributed by atoms with Crippen molar-refractivity contribution in [2.24, 2.45) is 0 Å². The van der Waals surface area contributed by atoms with Gasteiger partial charge in [-0.15, -0.1) is 0 Å². The van der Waals surface area contributed by atoms with Crippen LogP contribution < -0.4 is 9.47 Å². The van der Waals surface area contributed by atoms with Crippen LogP contribution in [0.3, 0.4) is 0 Å².